The predicted molar refractivity (Wildman–Crippen MR) is 172 cm³/mol. The van der Waals surface area contributed by atoms with E-state index in [1.54, 1.807) is 26.8 Å². The fraction of sp³-hybridized carbons (Fsp3) is 0.794. The van der Waals surface area contributed by atoms with Gasteiger partial charge in [-0.1, -0.05) is 59.3 Å². The SMILES string of the molecule is CCC(=O)C(C)=CC(C)C(OC1OC(CO)C(O)C(O)C1O)C(C)=CC(C)C(OC1OC(CO)C(O)C(O)C1O)C(C)=CC(C)CC. The van der Waals surface area contributed by atoms with Gasteiger partial charge in [0.2, 0.25) is 0 Å². The maximum atomic E-state index is 12.4. The monoisotopic (exact) mass is 674 g/mol. The van der Waals surface area contributed by atoms with Gasteiger partial charge in [0.1, 0.15) is 48.8 Å². The van der Waals surface area contributed by atoms with Crippen molar-refractivity contribution in [2.45, 2.75) is 142 Å². The van der Waals surface area contributed by atoms with Gasteiger partial charge in [-0.25, -0.2) is 0 Å². The fourth-order valence-corrected chi connectivity index (χ4v) is 6.05. The normalized spacial score (nSPS) is 36.0. The van der Waals surface area contributed by atoms with Crippen LogP contribution in [0.4, 0.5) is 0 Å². The molecule has 47 heavy (non-hydrogen) atoms. The lowest BCUT2D eigenvalue weighted by Gasteiger charge is -2.42. The molecule has 2 heterocycles. The molecule has 0 aromatic heterocycles. The quantitative estimate of drug-likeness (QED) is 0.0828. The third-order valence-corrected chi connectivity index (χ3v) is 9.10. The Labute approximate surface area is 278 Å². The topological polar surface area (TPSA) is 216 Å². The van der Waals surface area contributed by atoms with Crippen molar-refractivity contribution in [3.05, 3.63) is 34.9 Å². The van der Waals surface area contributed by atoms with Gasteiger partial charge in [-0.3, -0.25) is 4.79 Å². The van der Waals surface area contributed by atoms with E-state index in [-0.39, 0.29) is 11.7 Å². The maximum Gasteiger partial charge on any atom is 0.187 e. The van der Waals surface area contributed by atoms with Gasteiger partial charge >= 0.3 is 0 Å². The maximum absolute atomic E-state index is 12.4. The van der Waals surface area contributed by atoms with E-state index in [1.807, 2.05) is 46.8 Å². The second-order valence-corrected chi connectivity index (χ2v) is 13.1. The summed E-state index contributed by atoms with van der Waals surface area (Å²) in [7, 11) is 0. The second-order valence-electron chi connectivity index (χ2n) is 13.1. The zero-order chi connectivity index (χ0) is 35.7. The molecule has 0 saturated carbocycles. The Kier molecular flexibility index (Phi) is 16.8. The molecule has 13 heteroatoms. The van der Waals surface area contributed by atoms with Crippen LogP contribution in [0.25, 0.3) is 0 Å². The molecule has 0 spiro atoms. The number of aliphatic hydroxyl groups excluding tert-OH is 8. The molecule has 15 unspecified atom stereocenters. The molecule has 0 amide bonds. The molecule has 0 radical (unpaired) electrons. The first-order chi connectivity index (χ1) is 22.0. The largest absolute Gasteiger partial charge is 0.394 e. The van der Waals surface area contributed by atoms with Crippen LogP contribution >= 0.6 is 0 Å². The van der Waals surface area contributed by atoms with Crippen LogP contribution in [-0.2, 0) is 23.7 Å². The summed E-state index contributed by atoms with van der Waals surface area (Å²) in [6.07, 6.45) is -9.50. The molecule has 0 bridgehead atoms. The summed E-state index contributed by atoms with van der Waals surface area (Å²) in [5.74, 6) is -0.766. The van der Waals surface area contributed by atoms with Crippen LogP contribution < -0.4 is 0 Å². The van der Waals surface area contributed by atoms with Crippen LogP contribution in [0.3, 0.4) is 0 Å². The van der Waals surface area contributed by atoms with Crippen LogP contribution in [0.2, 0.25) is 0 Å². The van der Waals surface area contributed by atoms with Crippen molar-refractivity contribution >= 4 is 5.78 Å². The number of carbonyl (C=O) groups is 1. The van der Waals surface area contributed by atoms with Crippen molar-refractivity contribution < 1.29 is 64.6 Å². The van der Waals surface area contributed by atoms with Crippen molar-refractivity contribution in [2.75, 3.05) is 13.2 Å². The molecule has 0 aliphatic carbocycles. The number of Topliss-reactive ketones (excluding diaryl/α,β-unsaturated/α-hetero) is 1. The van der Waals surface area contributed by atoms with E-state index >= 15 is 0 Å². The number of hydrogen-bond donors (Lipinski definition) is 8. The summed E-state index contributed by atoms with van der Waals surface area (Å²) < 4.78 is 23.8. The summed E-state index contributed by atoms with van der Waals surface area (Å²) in [6.45, 7) is 13.6. The number of rotatable bonds is 16. The van der Waals surface area contributed by atoms with E-state index in [1.165, 1.54) is 0 Å². The average molecular weight is 675 g/mol. The van der Waals surface area contributed by atoms with Crippen molar-refractivity contribution in [1.82, 2.24) is 0 Å². The third kappa shape index (κ3) is 10.7. The van der Waals surface area contributed by atoms with Gasteiger partial charge < -0.3 is 59.8 Å². The Morgan fingerprint density at radius 2 is 1.06 bits per heavy atom. The Bertz CT molecular complexity index is 1070. The standard InChI is InChI=1S/C34H58O13/c1-9-16(3)11-18(5)31(46-33-29(42)27(40)25(38)23(14-35)44-33)20(7)13-21(8)32(19(6)12-17(4)22(37)10-2)47-34-30(43)28(41)26(39)24(15-36)45-34/h11-13,16,19-20,23-36,38-43H,9-10,14-15H2,1-8H3. The highest BCUT2D eigenvalue weighted by molar-refractivity contribution is 5.94. The van der Waals surface area contributed by atoms with E-state index in [0.717, 1.165) is 12.0 Å². The summed E-state index contributed by atoms with van der Waals surface area (Å²) in [4.78, 5) is 12.4. The molecule has 0 aromatic rings. The second kappa shape index (κ2) is 19.0. The molecule has 272 valence electrons. The van der Waals surface area contributed by atoms with Gasteiger partial charge in [0, 0.05) is 18.3 Å². The van der Waals surface area contributed by atoms with Gasteiger partial charge in [-0.15, -0.1) is 0 Å². The molecule has 0 aromatic carbocycles. The smallest absolute Gasteiger partial charge is 0.187 e. The van der Waals surface area contributed by atoms with Crippen molar-refractivity contribution in [3.8, 4) is 0 Å². The molecule has 8 N–H and O–H groups in total. The van der Waals surface area contributed by atoms with Gasteiger partial charge in [-0.05, 0) is 43.4 Å². The van der Waals surface area contributed by atoms with Crippen LogP contribution in [0, 0.1) is 17.8 Å². The third-order valence-electron chi connectivity index (χ3n) is 9.10. The molecule has 2 fully saturated rings. The highest BCUT2D eigenvalue weighted by Crippen LogP contribution is 2.32. The number of carbonyl (C=O) groups excluding carboxylic acids is 1. The lowest BCUT2D eigenvalue weighted by Crippen LogP contribution is -2.60. The van der Waals surface area contributed by atoms with Crippen LogP contribution in [-0.4, -0.2) is 133 Å². The van der Waals surface area contributed by atoms with Crippen molar-refractivity contribution in [3.63, 3.8) is 0 Å². The summed E-state index contributed by atoms with van der Waals surface area (Å²) in [5, 5.41) is 82.1. The lowest BCUT2D eigenvalue weighted by molar-refractivity contribution is -0.311. The van der Waals surface area contributed by atoms with E-state index in [0.29, 0.717) is 17.6 Å². The predicted octanol–water partition coefficient (Wildman–Crippen LogP) is 0.493. The van der Waals surface area contributed by atoms with Crippen LogP contribution in [0.15, 0.2) is 34.9 Å². The number of ether oxygens (including phenoxy) is 4. The first kappa shape index (κ1) is 41.6. The Hall–Kier alpha value is -1.59. The van der Waals surface area contributed by atoms with E-state index < -0.39 is 98.7 Å². The lowest BCUT2D eigenvalue weighted by atomic mass is 9.89. The summed E-state index contributed by atoms with van der Waals surface area (Å²) >= 11 is 0. The zero-order valence-corrected chi connectivity index (χ0v) is 28.8. The van der Waals surface area contributed by atoms with Gasteiger partial charge in [0.15, 0.2) is 18.4 Å². The fourth-order valence-electron chi connectivity index (χ4n) is 6.05. The summed E-state index contributed by atoms with van der Waals surface area (Å²) in [5.41, 5.74) is 1.95. The van der Waals surface area contributed by atoms with Crippen molar-refractivity contribution in [1.29, 1.82) is 0 Å². The summed E-state index contributed by atoms with van der Waals surface area (Å²) in [6, 6.07) is 0. The minimum absolute atomic E-state index is 0.0581. The Morgan fingerprint density at radius 1 is 0.660 bits per heavy atom. The Morgan fingerprint density at radius 3 is 1.45 bits per heavy atom. The molecule has 2 aliphatic heterocycles. The van der Waals surface area contributed by atoms with E-state index in [2.05, 4.69) is 0 Å². The molecular formula is C34H58O13. The molecule has 13 nitrogen and oxygen atoms in total. The van der Waals surface area contributed by atoms with Gasteiger partial charge in [0.05, 0.1) is 25.4 Å². The first-order valence-electron chi connectivity index (χ1n) is 16.5. The van der Waals surface area contributed by atoms with Gasteiger partial charge in [-0.2, -0.15) is 0 Å². The van der Waals surface area contributed by atoms with Crippen LogP contribution in [0.1, 0.15) is 68.2 Å². The minimum Gasteiger partial charge on any atom is -0.394 e. The number of hydrogen-bond acceptors (Lipinski definition) is 13. The Balaban J connectivity index is 2.53. The first-order valence-corrected chi connectivity index (χ1v) is 16.5. The number of ketones is 1. The molecule has 15 atom stereocenters. The highest BCUT2D eigenvalue weighted by atomic mass is 16.7. The number of allylic oxidation sites excluding steroid dienone is 2. The number of aliphatic hydroxyl groups is 8. The molecular weight excluding hydrogens is 616 g/mol. The van der Waals surface area contributed by atoms with Gasteiger partial charge in [0.25, 0.3) is 0 Å². The average Bonchev–Trinajstić information content (AvgIpc) is 3.04. The van der Waals surface area contributed by atoms with E-state index in [9.17, 15) is 45.6 Å². The van der Waals surface area contributed by atoms with Crippen molar-refractivity contribution in [2.24, 2.45) is 17.8 Å². The molecule has 2 saturated heterocycles. The van der Waals surface area contributed by atoms with E-state index in [4.69, 9.17) is 18.9 Å². The zero-order valence-electron chi connectivity index (χ0n) is 28.8. The highest BCUT2D eigenvalue weighted by Gasteiger charge is 2.47. The molecule has 2 rings (SSSR count). The molecule has 2 aliphatic rings. The minimum atomic E-state index is -1.64. The van der Waals surface area contributed by atoms with Crippen LogP contribution in [0.5, 0.6) is 0 Å².